The first-order valence-corrected chi connectivity index (χ1v) is 13.4. The van der Waals surface area contributed by atoms with E-state index in [4.69, 9.17) is 4.74 Å². The normalized spacial score (nSPS) is 14.8. The molecule has 0 unspecified atom stereocenters. The molecule has 0 heterocycles. The van der Waals surface area contributed by atoms with E-state index in [0.717, 1.165) is 22.3 Å². The molecule has 1 aliphatic carbocycles. The smallest absolute Gasteiger partial charge is 0.407 e. The van der Waals surface area contributed by atoms with Crippen molar-refractivity contribution in [3.63, 3.8) is 0 Å². The number of rotatable bonds is 11. The second kappa shape index (κ2) is 12.8. The number of amides is 3. The molecule has 3 atom stereocenters. The van der Waals surface area contributed by atoms with Gasteiger partial charge in [-0.05, 0) is 40.0 Å². The number of benzene rings is 2. The minimum Gasteiger partial charge on any atom is -0.480 e. The Balaban J connectivity index is 1.66. The zero-order valence-corrected chi connectivity index (χ0v) is 23.4. The third-order valence-corrected chi connectivity index (χ3v) is 7.04. The standard InChI is InChI=1S/C30H39N3O6/c1-16(2)24(27(34)32-26(18(5)6)29(36)37)31-28(35)25(17(3)4)33-30(38)39-15-23-21-13-9-7-11-19(21)20-12-8-10-14-22(20)23/h7-14,16-18,23-26H,15H2,1-6H3,(H,31,35)(H,32,34)(H,33,38)(H,36,37)/t24-,25-,26-/m0/s1. The van der Waals surface area contributed by atoms with E-state index in [2.05, 4.69) is 28.1 Å². The molecule has 9 heteroatoms. The Morgan fingerprint density at radius 1 is 0.692 bits per heavy atom. The second-order valence-corrected chi connectivity index (χ2v) is 11.0. The summed E-state index contributed by atoms with van der Waals surface area (Å²) in [6.07, 6.45) is -0.734. The van der Waals surface area contributed by atoms with Crippen molar-refractivity contribution >= 4 is 23.9 Å². The summed E-state index contributed by atoms with van der Waals surface area (Å²) in [5.41, 5.74) is 4.39. The largest absolute Gasteiger partial charge is 0.480 e. The summed E-state index contributed by atoms with van der Waals surface area (Å²) < 4.78 is 5.60. The maximum absolute atomic E-state index is 13.2. The van der Waals surface area contributed by atoms with Crippen LogP contribution < -0.4 is 16.0 Å². The van der Waals surface area contributed by atoms with Crippen LogP contribution in [-0.4, -0.2) is 53.7 Å². The van der Waals surface area contributed by atoms with Crippen molar-refractivity contribution in [3.05, 3.63) is 59.7 Å². The molecule has 0 saturated carbocycles. The molecule has 2 aromatic carbocycles. The van der Waals surface area contributed by atoms with Gasteiger partial charge in [-0.1, -0.05) is 90.1 Å². The third-order valence-electron chi connectivity index (χ3n) is 7.04. The number of carboxylic acids is 1. The topological polar surface area (TPSA) is 134 Å². The fourth-order valence-corrected chi connectivity index (χ4v) is 4.84. The van der Waals surface area contributed by atoms with Crippen LogP contribution in [0.2, 0.25) is 0 Å². The van der Waals surface area contributed by atoms with Gasteiger partial charge < -0.3 is 25.8 Å². The van der Waals surface area contributed by atoms with Gasteiger partial charge in [0.2, 0.25) is 11.8 Å². The van der Waals surface area contributed by atoms with Gasteiger partial charge in [0.15, 0.2) is 0 Å². The number of carbonyl (C=O) groups excluding carboxylic acids is 3. The number of ether oxygens (including phenoxy) is 1. The summed E-state index contributed by atoms with van der Waals surface area (Å²) in [4.78, 5) is 50.5. The van der Waals surface area contributed by atoms with E-state index in [1.807, 2.05) is 36.4 Å². The van der Waals surface area contributed by atoms with Gasteiger partial charge in [-0.15, -0.1) is 0 Å². The van der Waals surface area contributed by atoms with Crippen LogP contribution >= 0.6 is 0 Å². The fraction of sp³-hybridized carbons (Fsp3) is 0.467. The maximum atomic E-state index is 13.2. The molecule has 39 heavy (non-hydrogen) atoms. The van der Waals surface area contributed by atoms with Crippen LogP contribution in [0.4, 0.5) is 4.79 Å². The lowest BCUT2D eigenvalue weighted by Crippen LogP contribution is -2.59. The zero-order chi connectivity index (χ0) is 28.9. The van der Waals surface area contributed by atoms with Crippen LogP contribution in [0.1, 0.15) is 58.6 Å². The monoisotopic (exact) mass is 537 g/mol. The fourth-order valence-electron chi connectivity index (χ4n) is 4.84. The van der Waals surface area contributed by atoms with E-state index >= 15 is 0 Å². The predicted octanol–water partition coefficient (Wildman–Crippen LogP) is 3.92. The van der Waals surface area contributed by atoms with Crippen LogP contribution in [0, 0.1) is 17.8 Å². The van der Waals surface area contributed by atoms with E-state index in [9.17, 15) is 24.3 Å². The van der Waals surface area contributed by atoms with Crippen molar-refractivity contribution in [2.75, 3.05) is 6.61 Å². The maximum Gasteiger partial charge on any atom is 0.407 e. The molecule has 0 aromatic heterocycles. The summed E-state index contributed by atoms with van der Waals surface area (Å²) in [6.45, 7) is 10.5. The molecule has 0 fully saturated rings. The highest BCUT2D eigenvalue weighted by atomic mass is 16.5. The lowest BCUT2D eigenvalue weighted by Gasteiger charge is -2.28. The molecule has 0 radical (unpaired) electrons. The minimum atomic E-state index is -1.15. The molecule has 1 aliphatic rings. The second-order valence-electron chi connectivity index (χ2n) is 11.0. The molecule has 0 aliphatic heterocycles. The van der Waals surface area contributed by atoms with Crippen molar-refractivity contribution in [2.24, 2.45) is 17.8 Å². The number of hydrogen-bond acceptors (Lipinski definition) is 5. The Bertz CT molecular complexity index is 1160. The molecule has 0 bridgehead atoms. The average molecular weight is 538 g/mol. The number of alkyl carbamates (subject to hydrolysis) is 1. The zero-order valence-electron chi connectivity index (χ0n) is 23.4. The molecule has 2 aromatic rings. The number of hydrogen-bond donors (Lipinski definition) is 4. The number of fused-ring (bicyclic) bond motifs is 3. The van der Waals surface area contributed by atoms with Crippen LogP contribution in [0.25, 0.3) is 11.1 Å². The first-order valence-electron chi connectivity index (χ1n) is 13.4. The Morgan fingerprint density at radius 3 is 1.54 bits per heavy atom. The molecule has 0 saturated heterocycles. The van der Waals surface area contributed by atoms with Gasteiger partial charge in [0.25, 0.3) is 0 Å². The molecular weight excluding hydrogens is 498 g/mol. The van der Waals surface area contributed by atoms with Gasteiger partial charge in [0, 0.05) is 5.92 Å². The number of nitrogens with one attached hydrogen (secondary N) is 3. The number of carboxylic acid groups (broad SMARTS) is 1. The van der Waals surface area contributed by atoms with Gasteiger partial charge >= 0.3 is 12.1 Å². The van der Waals surface area contributed by atoms with Crippen LogP contribution in [0.3, 0.4) is 0 Å². The quantitative estimate of drug-likeness (QED) is 0.343. The van der Waals surface area contributed by atoms with E-state index in [-0.39, 0.29) is 30.3 Å². The van der Waals surface area contributed by atoms with Crippen molar-refractivity contribution in [1.82, 2.24) is 16.0 Å². The van der Waals surface area contributed by atoms with E-state index in [1.54, 1.807) is 41.5 Å². The third kappa shape index (κ3) is 6.96. The van der Waals surface area contributed by atoms with E-state index < -0.39 is 42.0 Å². The summed E-state index contributed by atoms with van der Waals surface area (Å²) in [7, 11) is 0. The van der Waals surface area contributed by atoms with Crippen LogP contribution in [0.5, 0.6) is 0 Å². The van der Waals surface area contributed by atoms with Gasteiger partial charge in [-0.25, -0.2) is 9.59 Å². The van der Waals surface area contributed by atoms with Crippen LogP contribution in [0.15, 0.2) is 48.5 Å². The van der Waals surface area contributed by atoms with Gasteiger partial charge in [-0.2, -0.15) is 0 Å². The first kappa shape index (κ1) is 29.7. The molecule has 3 amide bonds. The van der Waals surface area contributed by atoms with Crippen molar-refractivity contribution < 1.29 is 29.0 Å². The van der Waals surface area contributed by atoms with E-state index in [0.29, 0.717) is 0 Å². The molecule has 0 spiro atoms. The summed E-state index contributed by atoms with van der Waals surface area (Å²) in [5.74, 6) is -3.38. The van der Waals surface area contributed by atoms with Crippen LogP contribution in [-0.2, 0) is 19.1 Å². The van der Waals surface area contributed by atoms with Crippen molar-refractivity contribution in [1.29, 1.82) is 0 Å². The average Bonchev–Trinajstić information content (AvgIpc) is 3.20. The Labute approximate surface area is 229 Å². The van der Waals surface area contributed by atoms with Crippen molar-refractivity contribution in [2.45, 2.75) is 65.6 Å². The summed E-state index contributed by atoms with van der Waals surface area (Å²) in [5, 5.41) is 17.3. The Kier molecular flexibility index (Phi) is 9.72. The first-order chi connectivity index (χ1) is 18.4. The Morgan fingerprint density at radius 2 is 1.10 bits per heavy atom. The lowest BCUT2D eigenvalue weighted by molar-refractivity contribution is -0.143. The molecular formula is C30H39N3O6. The lowest BCUT2D eigenvalue weighted by atomic mass is 9.98. The summed E-state index contributed by atoms with van der Waals surface area (Å²) >= 11 is 0. The minimum absolute atomic E-state index is 0.106. The molecule has 4 N–H and O–H groups in total. The van der Waals surface area contributed by atoms with Gasteiger partial charge in [0.05, 0.1) is 0 Å². The highest BCUT2D eigenvalue weighted by Crippen LogP contribution is 2.44. The van der Waals surface area contributed by atoms with Gasteiger partial charge in [-0.3, -0.25) is 9.59 Å². The molecule has 3 rings (SSSR count). The molecule has 210 valence electrons. The number of carbonyl (C=O) groups is 4. The Hall–Kier alpha value is -3.88. The van der Waals surface area contributed by atoms with Crippen molar-refractivity contribution in [3.8, 4) is 11.1 Å². The predicted molar refractivity (Wildman–Crippen MR) is 148 cm³/mol. The highest BCUT2D eigenvalue weighted by molar-refractivity contribution is 5.93. The number of aliphatic carboxylic acids is 1. The van der Waals surface area contributed by atoms with E-state index in [1.165, 1.54) is 0 Å². The summed E-state index contributed by atoms with van der Waals surface area (Å²) in [6, 6.07) is 13.0. The van der Waals surface area contributed by atoms with Gasteiger partial charge in [0.1, 0.15) is 24.7 Å². The highest BCUT2D eigenvalue weighted by Gasteiger charge is 2.34. The molecule has 9 nitrogen and oxygen atoms in total. The SMILES string of the molecule is CC(C)[C@H](NC(=O)[C@@H](NC(=O)[C@@H](NC(=O)OCC1c2ccccc2-c2ccccc21)C(C)C)C(C)C)C(=O)O.